The maximum atomic E-state index is 8.67. The summed E-state index contributed by atoms with van der Waals surface area (Å²) >= 11 is 0. The number of benzene rings is 1. The highest BCUT2D eigenvalue weighted by atomic mass is 15.1. The van der Waals surface area contributed by atoms with Crippen LogP contribution >= 0.6 is 0 Å². The lowest BCUT2D eigenvalue weighted by Crippen LogP contribution is -2.33. The Labute approximate surface area is 97.5 Å². The third-order valence-electron chi connectivity index (χ3n) is 3.39. The minimum Gasteiger partial charge on any atom is -0.372 e. The molecule has 1 fully saturated rings. The van der Waals surface area contributed by atoms with Gasteiger partial charge in [-0.2, -0.15) is 5.26 Å². The van der Waals surface area contributed by atoms with Gasteiger partial charge in [0.25, 0.3) is 0 Å². The Morgan fingerprint density at radius 1 is 1.25 bits per heavy atom. The average molecular weight is 214 g/mol. The van der Waals surface area contributed by atoms with Crippen molar-refractivity contribution in [2.75, 3.05) is 18.0 Å². The molecular weight excluding hydrogens is 196 g/mol. The summed E-state index contributed by atoms with van der Waals surface area (Å²) in [5.41, 5.74) is 2.63. The number of aryl methyl sites for hydroxylation is 1. The molecule has 0 bridgehead atoms. The Morgan fingerprint density at radius 3 is 2.44 bits per heavy atom. The molecule has 1 aliphatic rings. The molecule has 0 amide bonds. The van der Waals surface area contributed by atoms with Crippen LogP contribution in [0.25, 0.3) is 0 Å². The zero-order valence-electron chi connectivity index (χ0n) is 9.82. The lowest BCUT2D eigenvalue weighted by Gasteiger charge is -2.32. The van der Waals surface area contributed by atoms with E-state index in [0.717, 1.165) is 32.4 Å². The highest BCUT2D eigenvalue weighted by Crippen LogP contribution is 2.24. The van der Waals surface area contributed by atoms with Crippen molar-refractivity contribution < 1.29 is 0 Å². The van der Waals surface area contributed by atoms with E-state index < -0.39 is 0 Å². The van der Waals surface area contributed by atoms with Crippen LogP contribution < -0.4 is 4.90 Å². The van der Waals surface area contributed by atoms with Crippen molar-refractivity contribution in [1.29, 1.82) is 5.26 Å². The highest BCUT2D eigenvalue weighted by Gasteiger charge is 2.18. The van der Waals surface area contributed by atoms with Gasteiger partial charge >= 0.3 is 0 Å². The van der Waals surface area contributed by atoms with Gasteiger partial charge in [0.05, 0.1) is 6.07 Å². The summed E-state index contributed by atoms with van der Waals surface area (Å²) in [5, 5.41) is 8.67. The Bertz CT molecular complexity index is 367. The standard InChI is InChI=1S/C14H18N2/c1-12-2-4-14(5-3-12)16-10-7-13(6-9-15)8-11-16/h2-5,13H,6-8,10-11H2,1H3. The topological polar surface area (TPSA) is 27.0 Å². The van der Waals surface area contributed by atoms with Crippen LogP contribution in [0, 0.1) is 24.2 Å². The van der Waals surface area contributed by atoms with Gasteiger partial charge in [0.15, 0.2) is 0 Å². The van der Waals surface area contributed by atoms with Crippen molar-refractivity contribution in [3.63, 3.8) is 0 Å². The van der Waals surface area contributed by atoms with E-state index in [4.69, 9.17) is 5.26 Å². The quantitative estimate of drug-likeness (QED) is 0.756. The molecule has 1 aromatic carbocycles. The molecule has 2 nitrogen and oxygen atoms in total. The largest absolute Gasteiger partial charge is 0.372 e. The van der Waals surface area contributed by atoms with E-state index in [0.29, 0.717) is 5.92 Å². The van der Waals surface area contributed by atoms with Crippen molar-refractivity contribution in [1.82, 2.24) is 0 Å². The van der Waals surface area contributed by atoms with E-state index in [-0.39, 0.29) is 0 Å². The second-order valence-electron chi connectivity index (χ2n) is 4.63. The Morgan fingerprint density at radius 2 is 1.88 bits per heavy atom. The number of nitriles is 1. The molecule has 0 atom stereocenters. The maximum absolute atomic E-state index is 8.67. The molecule has 84 valence electrons. The first kappa shape index (κ1) is 11.0. The van der Waals surface area contributed by atoms with E-state index in [1.165, 1.54) is 11.3 Å². The first-order valence-electron chi connectivity index (χ1n) is 5.98. The lowest BCUT2D eigenvalue weighted by atomic mass is 9.94. The van der Waals surface area contributed by atoms with Gasteiger partial charge < -0.3 is 4.90 Å². The fourth-order valence-corrected chi connectivity index (χ4v) is 2.28. The van der Waals surface area contributed by atoms with Gasteiger partial charge in [0.2, 0.25) is 0 Å². The van der Waals surface area contributed by atoms with Gasteiger partial charge in [-0.3, -0.25) is 0 Å². The Balaban J connectivity index is 1.94. The first-order chi connectivity index (χ1) is 7.79. The summed E-state index contributed by atoms with van der Waals surface area (Å²) in [5.74, 6) is 0.617. The van der Waals surface area contributed by atoms with E-state index in [1.54, 1.807) is 0 Å². The molecule has 1 saturated heterocycles. The summed E-state index contributed by atoms with van der Waals surface area (Å²) in [4.78, 5) is 2.42. The molecule has 1 aromatic rings. The fourth-order valence-electron chi connectivity index (χ4n) is 2.28. The second-order valence-corrected chi connectivity index (χ2v) is 4.63. The fraction of sp³-hybridized carbons (Fsp3) is 0.500. The van der Waals surface area contributed by atoms with Crippen LogP contribution in [0.1, 0.15) is 24.8 Å². The SMILES string of the molecule is Cc1ccc(N2CCC(CC#N)CC2)cc1. The molecular formula is C14H18N2. The minimum atomic E-state index is 0.617. The molecule has 0 aromatic heterocycles. The van der Waals surface area contributed by atoms with Crippen molar-refractivity contribution >= 4 is 5.69 Å². The van der Waals surface area contributed by atoms with Gasteiger partial charge in [-0.25, -0.2) is 0 Å². The van der Waals surface area contributed by atoms with E-state index >= 15 is 0 Å². The number of anilines is 1. The molecule has 0 N–H and O–H groups in total. The molecule has 2 rings (SSSR count). The van der Waals surface area contributed by atoms with E-state index in [2.05, 4.69) is 42.2 Å². The lowest BCUT2D eigenvalue weighted by molar-refractivity contribution is 0.413. The van der Waals surface area contributed by atoms with Crippen LogP contribution in [-0.2, 0) is 0 Å². The summed E-state index contributed by atoms with van der Waals surface area (Å²) in [6.45, 7) is 4.30. The van der Waals surface area contributed by atoms with Gasteiger partial charge in [0, 0.05) is 25.2 Å². The molecule has 0 spiro atoms. The normalized spacial score (nSPS) is 17.1. The van der Waals surface area contributed by atoms with Gasteiger partial charge in [0.1, 0.15) is 0 Å². The van der Waals surface area contributed by atoms with Gasteiger partial charge in [-0.15, -0.1) is 0 Å². The van der Waals surface area contributed by atoms with Gasteiger partial charge in [-0.05, 0) is 37.8 Å². The number of hydrogen-bond donors (Lipinski definition) is 0. The maximum Gasteiger partial charge on any atom is 0.0624 e. The molecule has 0 radical (unpaired) electrons. The number of hydrogen-bond acceptors (Lipinski definition) is 2. The van der Waals surface area contributed by atoms with Crippen LogP contribution in [0.15, 0.2) is 24.3 Å². The van der Waals surface area contributed by atoms with Crippen LogP contribution in [0.3, 0.4) is 0 Å². The van der Waals surface area contributed by atoms with Crippen LogP contribution in [-0.4, -0.2) is 13.1 Å². The van der Waals surface area contributed by atoms with Crippen molar-refractivity contribution in [3.05, 3.63) is 29.8 Å². The monoisotopic (exact) mass is 214 g/mol. The Kier molecular flexibility index (Phi) is 3.46. The van der Waals surface area contributed by atoms with Crippen molar-refractivity contribution in [3.8, 4) is 6.07 Å². The zero-order valence-corrected chi connectivity index (χ0v) is 9.82. The predicted molar refractivity (Wildman–Crippen MR) is 66.3 cm³/mol. The molecule has 1 heterocycles. The van der Waals surface area contributed by atoms with Crippen molar-refractivity contribution in [2.24, 2.45) is 5.92 Å². The predicted octanol–water partition coefficient (Wildman–Crippen LogP) is 3.13. The first-order valence-corrected chi connectivity index (χ1v) is 5.98. The number of piperidine rings is 1. The van der Waals surface area contributed by atoms with Gasteiger partial charge in [-0.1, -0.05) is 17.7 Å². The molecule has 16 heavy (non-hydrogen) atoms. The minimum absolute atomic E-state index is 0.617. The highest BCUT2D eigenvalue weighted by molar-refractivity contribution is 5.47. The molecule has 0 aliphatic carbocycles. The summed E-state index contributed by atoms with van der Waals surface area (Å²) in [6, 6.07) is 11.0. The molecule has 0 unspecified atom stereocenters. The molecule has 2 heteroatoms. The smallest absolute Gasteiger partial charge is 0.0624 e. The van der Waals surface area contributed by atoms with E-state index in [1.807, 2.05) is 0 Å². The van der Waals surface area contributed by atoms with Crippen molar-refractivity contribution in [2.45, 2.75) is 26.2 Å². The summed E-state index contributed by atoms with van der Waals surface area (Å²) in [6.07, 6.45) is 3.03. The zero-order chi connectivity index (χ0) is 11.4. The Hall–Kier alpha value is -1.49. The molecule has 1 aliphatic heterocycles. The third-order valence-corrected chi connectivity index (χ3v) is 3.39. The number of rotatable bonds is 2. The second kappa shape index (κ2) is 5.03. The number of nitrogens with zero attached hydrogens (tertiary/aromatic N) is 2. The summed E-state index contributed by atoms with van der Waals surface area (Å²) in [7, 11) is 0. The van der Waals surface area contributed by atoms with Crippen LogP contribution in [0.5, 0.6) is 0 Å². The average Bonchev–Trinajstić information content (AvgIpc) is 2.32. The summed E-state index contributed by atoms with van der Waals surface area (Å²) < 4.78 is 0. The van der Waals surface area contributed by atoms with Crippen LogP contribution in [0.4, 0.5) is 5.69 Å². The van der Waals surface area contributed by atoms with E-state index in [9.17, 15) is 0 Å². The third kappa shape index (κ3) is 2.55. The van der Waals surface area contributed by atoms with Crippen LogP contribution in [0.2, 0.25) is 0 Å². The molecule has 0 saturated carbocycles.